The normalized spacial score (nSPS) is 12.7. The number of halogens is 2. The van der Waals surface area contributed by atoms with Gasteiger partial charge in [0.25, 0.3) is 0 Å². The smallest absolute Gasteiger partial charge is 0.134 e. The molecule has 0 spiro atoms. The van der Waals surface area contributed by atoms with Crippen LogP contribution in [-0.2, 0) is 6.42 Å². The summed E-state index contributed by atoms with van der Waals surface area (Å²) >= 11 is 11.9. The molecule has 0 radical (unpaired) electrons. The van der Waals surface area contributed by atoms with Crippen molar-refractivity contribution in [2.45, 2.75) is 19.4 Å². The van der Waals surface area contributed by atoms with E-state index in [2.05, 4.69) is 0 Å². The van der Waals surface area contributed by atoms with Crippen LogP contribution in [0.1, 0.15) is 12.7 Å². The Morgan fingerprint density at radius 3 is 2.41 bits per heavy atom. The zero-order valence-electron chi connectivity index (χ0n) is 9.41. The van der Waals surface area contributed by atoms with Crippen molar-refractivity contribution in [2.24, 2.45) is 5.73 Å². The van der Waals surface area contributed by atoms with Crippen molar-refractivity contribution >= 4 is 23.2 Å². The SMILES string of the molecule is CC(N)Cc1ccc(-c2cc(Cl)cc(Cl)c2)o1. The van der Waals surface area contributed by atoms with Gasteiger partial charge in [-0.3, -0.25) is 0 Å². The summed E-state index contributed by atoms with van der Waals surface area (Å²) in [5, 5.41) is 1.19. The molecule has 1 unspecified atom stereocenters. The van der Waals surface area contributed by atoms with Crippen LogP contribution in [0.2, 0.25) is 10.0 Å². The average Bonchev–Trinajstić information content (AvgIpc) is 2.63. The molecule has 0 aliphatic carbocycles. The first-order valence-electron chi connectivity index (χ1n) is 5.35. The van der Waals surface area contributed by atoms with Gasteiger partial charge in [-0.2, -0.15) is 0 Å². The molecule has 90 valence electrons. The quantitative estimate of drug-likeness (QED) is 0.910. The van der Waals surface area contributed by atoms with Gasteiger partial charge < -0.3 is 10.2 Å². The van der Waals surface area contributed by atoms with Crippen LogP contribution >= 0.6 is 23.2 Å². The zero-order chi connectivity index (χ0) is 12.4. The van der Waals surface area contributed by atoms with Crippen LogP contribution in [0.4, 0.5) is 0 Å². The summed E-state index contributed by atoms with van der Waals surface area (Å²) in [6.45, 7) is 1.94. The Bertz CT molecular complexity index is 500. The first-order chi connectivity index (χ1) is 8.04. The van der Waals surface area contributed by atoms with E-state index in [0.29, 0.717) is 16.5 Å². The van der Waals surface area contributed by atoms with E-state index in [0.717, 1.165) is 17.1 Å². The molecule has 0 saturated heterocycles. The highest BCUT2D eigenvalue weighted by atomic mass is 35.5. The topological polar surface area (TPSA) is 39.2 Å². The van der Waals surface area contributed by atoms with Gasteiger partial charge in [-0.1, -0.05) is 23.2 Å². The molecule has 4 heteroatoms. The third kappa shape index (κ3) is 3.25. The van der Waals surface area contributed by atoms with Crippen LogP contribution in [0.3, 0.4) is 0 Å². The Hall–Kier alpha value is -0.960. The van der Waals surface area contributed by atoms with Gasteiger partial charge in [0.05, 0.1) is 0 Å². The molecule has 2 nitrogen and oxygen atoms in total. The maximum atomic E-state index is 5.95. The van der Waals surface area contributed by atoms with Gasteiger partial charge in [-0.05, 0) is 37.3 Å². The van der Waals surface area contributed by atoms with Crippen molar-refractivity contribution < 1.29 is 4.42 Å². The van der Waals surface area contributed by atoms with E-state index >= 15 is 0 Å². The second kappa shape index (κ2) is 5.13. The third-order valence-corrected chi connectivity index (χ3v) is 2.77. The highest BCUT2D eigenvalue weighted by molar-refractivity contribution is 6.35. The second-order valence-electron chi connectivity index (χ2n) is 4.11. The van der Waals surface area contributed by atoms with E-state index in [1.54, 1.807) is 6.07 Å². The second-order valence-corrected chi connectivity index (χ2v) is 4.98. The van der Waals surface area contributed by atoms with Crippen LogP contribution in [0.5, 0.6) is 0 Å². The fraction of sp³-hybridized carbons (Fsp3) is 0.231. The molecule has 0 bridgehead atoms. The average molecular weight is 270 g/mol. The fourth-order valence-electron chi connectivity index (χ4n) is 1.66. The molecule has 1 aromatic carbocycles. The summed E-state index contributed by atoms with van der Waals surface area (Å²) in [5.74, 6) is 1.62. The first kappa shape index (κ1) is 12.5. The minimum absolute atomic E-state index is 0.0805. The molecule has 1 atom stereocenters. The van der Waals surface area contributed by atoms with Crippen molar-refractivity contribution in [1.82, 2.24) is 0 Å². The van der Waals surface area contributed by atoms with Crippen LogP contribution in [-0.4, -0.2) is 6.04 Å². The van der Waals surface area contributed by atoms with Crippen LogP contribution < -0.4 is 5.73 Å². The molecule has 0 fully saturated rings. The highest BCUT2D eigenvalue weighted by Gasteiger charge is 2.08. The maximum Gasteiger partial charge on any atom is 0.134 e. The molecule has 1 heterocycles. The lowest BCUT2D eigenvalue weighted by molar-refractivity contribution is 0.503. The van der Waals surface area contributed by atoms with E-state index in [-0.39, 0.29) is 6.04 Å². The summed E-state index contributed by atoms with van der Waals surface area (Å²) in [6, 6.07) is 9.24. The monoisotopic (exact) mass is 269 g/mol. The van der Waals surface area contributed by atoms with E-state index in [9.17, 15) is 0 Å². The van der Waals surface area contributed by atoms with Gasteiger partial charge in [0, 0.05) is 28.1 Å². The summed E-state index contributed by atoms with van der Waals surface area (Å²) < 4.78 is 5.69. The molecule has 2 N–H and O–H groups in total. The maximum absolute atomic E-state index is 5.95. The van der Waals surface area contributed by atoms with Crippen molar-refractivity contribution in [3.8, 4) is 11.3 Å². The molecule has 2 aromatic rings. The minimum Gasteiger partial charge on any atom is -0.461 e. The molecule has 0 amide bonds. The number of furan rings is 1. The highest BCUT2D eigenvalue weighted by Crippen LogP contribution is 2.28. The summed E-state index contributed by atoms with van der Waals surface area (Å²) in [5.41, 5.74) is 6.59. The van der Waals surface area contributed by atoms with Crippen LogP contribution in [0.15, 0.2) is 34.7 Å². The first-order valence-corrected chi connectivity index (χ1v) is 6.11. The molecular formula is C13H13Cl2NO. The van der Waals surface area contributed by atoms with Gasteiger partial charge >= 0.3 is 0 Å². The molecule has 0 saturated carbocycles. The van der Waals surface area contributed by atoms with Gasteiger partial charge in [0.1, 0.15) is 11.5 Å². The summed E-state index contributed by atoms with van der Waals surface area (Å²) in [6.07, 6.45) is 0.717. The molecule has 2 rings (SSSR count). The lowest BCUT2D eigenvalue weighted by Gasteiger charge is -2.02. The predicted molar refractivity (Wildman–Crippen MR) is 71.5 cm³/mol. The lowest BCUT2D eigenvalue weighted by Crippen LogP contribution is -2.17. The largest absolute Gasteiger partial charge is 0.461 e. The number of nitrogens with two attached hydrogens (primary N) is 1. The Morgan fingerprint density at radius 2 is 1.82 bits per heavy atom. The van der Waals surface area contributed by atoms with Crippen molar-refractivity contribution in [2.75, 3.05) is 0 Å². The van der Waals surface area contributed by atoms with Gasteiger partial charge in [0.2, 0.25) is 0 Å². The van der Waals surface area contributed by atoms with E-state index in [1.807, 2.05) is 31.2 Å². The van der Waals surface area contributed by atoms with Gasteiger partial charge in [-0.15, -0.1) is 0 Å². The minimum atomic E-state index is 0.0805. The van der Waals surface area contributed by atoms with Crippen molar-refractivity contribution in [1.29, 1.82) is 0 Å². The van der Waals surface area contributed by atoms with Gasteiger partial charge in [0.15, 0.2) is 0 Å². The predicted octanol–water partition coefficient (Wildman–Crippen LogP) is 4.14. The standard InChI is InChI=1S/C13H13Cl2NO/c1-8(16)4-12-2-3-13(17-12)9-5-10(14)7-11(15)6-9/h2-3,5-8H,4,16H2,1H3. The molecule has 0 aliphatic rings. The van der Waals surface area contributed by atoms with E-state index in [4.69, 9.17) is 33.4 Å². The van der Waals surface area contributed by atoms with Crippen LogP contribution in [0, 0.1) is 0 Å². The Kier molecular flexibility index (Phi) is 3.77. The van der Waals surface area contributed by atoms with Gasteiger partial charge in [-0.25, -0.2) is 0 Å². The Labute approximate surface area is 110 Å². The van der Waals surface area contributed by atoms with Crippen LogP contribution in [0.25, 0.3) is 11.3 Å². The Balaban J connectivity index is 2.30. The zero-order valence-corrected chi connectivity index (χ0v) is 10.9. The lowest BCUT2D eigenvalue weighted by atomic mass is 10.2. The summed E-state index contributed by atoms with van der Waals surface area (Å²) in [7, 11) is 0. The number of hydrogen-bond donors (Lipinski definition) is 1. The van der Waals surface area contributed by atoms with E-state index in [1.165, 1.54) is 0 Å². The summed E-state index contributed by atoms with van der Waals surface area (Å²) in [4.78, 5) is 0. The fourth-order valence-corrected chi connectivity index (χ4v) is 2.18. The molecular weight excluding hydrogens is 257 g/mol. The van der Waals surface area contributed by atoms with Crippen molar-refractivity contribution in [3.63, 3.8) is 0 Å². The molecule has 1 aromatic heterocycles. The third-order valence-electron chi connectivity index (χ3n) is 2.33. The van der Waals surface area contributed by atoms with Crippen molar-refractivity contribution in [3.05, 3.63) is 46.1 Å². The molecule has 0 aliphatic heterocycles. The number of rotatable bonds is 3. The van der Waals surface area contributed by atoms with E-state index < -0.39 is 0 Å². The molecule has 17 heavy (non-hydrogen) atoms. The number of hydrogen-bond acceptors (Lipinski definition) is 2. The number of benzene rings is 1. The Morgan fingerprint density at radius 1 is 1.18 bits per heavy atom.